The number of hydrogen-bond acceptors (Lipinski definition) is 3. The van der Waals surface area contributed by atoms with Crippen LogP contribution in [0.4, 0.5) is 0 Å². The molecule has 0 aromatic carbocycles. The molecule has 2 unspecified atom stereocenters. The summed E-state index contributed by atoms with van der Waals surface area (Å²) in [5.74, 6) is 0. The van der Waals surface area contributed by atoms with E-state index in [0.717, 1.165) is 25.8 Å². The number of nitrogens with one attached hydrogen (secondary N) is 2. The third-order valence-corrected chi connectivity index (χ3v) is 4.63. The van der Waals surface area contributed by atoms with Crippen LogP contribution in [0.1, 0.15) is 52.4 Å². The molecule has 0 aromatic rings. The first kappa shape index (κ1) is 14.3. The molecular formula is C15H30N2O. The Kier molecular flexibility index (Phi) is 5.46. The standard InChI is InChI=1S/C15H30N2O/c1-13(11-14-5-3-4-8-16-14)17-12-15(2)6-9-18-10-7-15/h13-14,16-17H,3-12H2,1-2H3. The van der Waals surface area contributed by atoms with Crippen molar-refractivity contribution in [3.05, 3.63) is 0 Å². The lowest BCUT2D eigenvalue weighted by molar-refractivity contribution is 0.0228. The lowest BCUT2D eigenvalue weighted by Crippen LogP contribution is -2.44. The van der Waals surface area contributed by atoms with Crippen LogP contribution in [0, 0.1) is 5.41 Å². The fourth-order valence-corrected chi connectivity index (χ4v) is 3.10. The summed E-state index contributed by atoms with van der Waals surface area (Å²) >= 11 is 0. The Morgan fingerprint density at radius 2 is 2.11 bits per heavy atom. The first-order valence-electron chi connectivity index (χ1n) is 7.72. The van der Waals surface area contributed by atoms with Crippen LogP contribution in [0.15, 0.2) is 0 Å². The van der Waals surface area contributed by atoms with Gasteiger partial charge >= 0.3 is 0 Å². The minimum Gasteiger partial charge on any atom is -0.381 e. The Morgan fingerprint density at radius 1 is 1.33 bits per heavy atom. The van der Waals surface area contributed by atoms with E-state index < -0.39 is 0 Å². The summed E-state index contributed by atoms with van der Waals surface area (Å²) < 4.78 is 5.46. The molecule has 2 aliphatic rings. The smallest absolute Gasteiger partial charge is 0.0471 e. The van der Waals surface area contributed by atoms with Crippen molar-refractivity contribution in [2.45, 2.75) is 64.5 Å². The Hall–Kier alpha value is -0.120. The average molecular weight is 254 g/mol. The highest BCUT2D eigenvalue weighted by Gasteiger charge is 2.27. The molecule has 0 amide bonds. The zero-order valence-corrected chi connectivity index (χ0v) is 12.1. The van der Waals surface area contributed by atoms with E-state index in [0.29, 0.717) is 11.5 Å². The van der Waals surface area contributed by atoms with Crippen LogP contribution in [0.5, 0.6) is 0 Å². The molecule has 0 bridgehead atoms. The van der Waals surface area contributed by atoms with E-state index in [2.05, 4.69) is 24.5 Å². The van der Waals surface area contributed by atoms with Crippen molar-refractivity contribution in [1.82, 2.24) is 10.6 Å². The molecule has 0 spiro atoms. The first-order valence-corrected chi connectivity index (χ1v) is 7.72. The Balaban J connectivity index is 1.65. The van der Waals surface area contributed by atoms with Gasteiger partial charge in [0.25, 0.3) is 0 Å². The molecule has 2 heterocycles. The second-order valence-corrected chi connectivity index (χ2v) is 6.59. The van der Waals surface area contributed by atoms with Crippen molar-refractivity contribution in [3.63, 3.8) is 0 Å². The Morgan fingerprint density at radius 3 is 2.78 bits per heavy atom. The van der Waals surface area contributed by atoms with Crippen molar-refractivity contribution in [1.29, 1.82) is 0 Å². The summed E-state index contributed by atoms with van der Waals surface area (Å²) in [6, 6.07) is 1.36. The van der Waals surface area contributed by atoms with Crippen molar-refractivity contribution < 1.29 is 4.74 Å². The molecule has 2 fully saturated rings. The van der Waals surface area contributed by atoms with Crippen molar-refractivity contribution >= 4 is 0 Å². The third kappa shape index (κ3) is 4.52. The van der Waals surface area contributed by atoms with Gasteiger partial charge in [0.2, 0.25) is 0 Å². The monoisotopic (exact) mass is 254 g/mol. The quantitative estimate of drug-likeness (QED) is 0.790. The van der Waals surface area contributed by atoms with Crippen LogP contribution < -0.4 is 10.6 Å². The van der Waals surface area contributed by atoms with Crippen LogP contribution >= 0.6 is 0 Å². The van der Waals surface area contributed by atoms with Gasteiger partial charge in [0.15, 0.2) is 0 Å². The van der Waals surface area contributed by atoms with Crippen LogP contribution in [0.3, 0.4) is 0 Å². The molecule has 0 aliphatic carbocycles. The van der Waals surface area contributed by atoms with Crippen LogP contribution in [-0.4, -0.2) is 38.4 Å². The predicted octanol–water partition coefficient (Wildman–Crippen LogP) is 2.31. The summed E-state index contributed by atoms with van der Waals surface area (Å²) in [5.41, 5.74) is 0.451. The van der Waals surface area contributed by atoms with E-state index in [9.17, 15) is 0 Å². The molecule has 2 N–H and O–H groups in total. The molecule has 106 valence electrons. The van der Waals surface area contributed by atoms with Gasteiger partial charge in [-0.15, -0.1) is 0 Å². The van der Waals surface area contributed by atoms with Crippen molar-refractivity contribution in [2.24, 2.45) is 5.41 Å². The number of rotatable bonds is 5. The molecular weight excluding hydrogens is 224 g/mol. The van der Waals surface area contributed by atoms with E-state index in [4.69, 9.17) is 4.74 Å². The average Bonchev–Trinajstić information content (AvgIpc) is 2.39. The lowest BCUT2D eigenvalue weighted by atomic mass is 9.82. The first-order chi connectivity index (χ1) is 8.68. The van der Waals surface area contributed by atoms with E-state index in [1.807, 2.05) is 0 Å². The SMILES string of the molecule is CC(CC1CCCCN1)NCC1(C)CCOCC1. The summed E-state index contributed by atoms with van der Waals surface area (Å²) in [7, 11) is 0. The molecule has 3 heteroatoms. The van der Waals surface area contributed by atoms with E-state index >= 15 is 0 Å². The molecule has 0 saturated carbocycles. The molecule has 3 nitrogen and oxygen atoms in total. The van der Waals surface area contributed by atoms with Gasteiger partial charge in [0.05, 0.1) is 0 Å². The van der Waals surface area contributed by atoms with Crippen molar-refractivity contribution in [2.75, 3.05) is 26.3 Å². The van der Waals surface area contributed by atoms with Gasteiger partial charge in [-0.05, 0) is 51.0 Å². The van der Waals surface area contributed by atoms with Gasteiger partial charge in [-0.3, -0.25) is 0 Å². The zero-order valence-electron chi connectivity index (χ0n) is 12.1. The highest BCUT2D eigenvalue weighted by molar-refractivity contribution is 4.82. The van der Waals surface area contributed by atoms with E-state index in [1.165, 1.54) is 45.1 Å². The number of piperidine rings is 1. The summed E-state index contributed by atoms with van der Waals surface area (Å²) in [4.78, 5) is 0. The molecule has 0 aromatic heterocycles. The molecule has 2 aliphatic heterocycles. The van der Waals surface area contributed by atoms with Gasteiger partial charge in [0.1, 0.15) is 0 Å². The molecule has 0 radical (unpaired) electrons. The highest BCUT2D eigenvalue weighted by atomic mass is 16.5. The molecule has 18 heavy (non-hydrogen) atoms. The van der Waals surface area contributed by atoms with Crippen LogP contribution in [-0.2, 0) is 4.74 Å². The topological polar surface area (TPSA) is 33.3 Å². The normalized spacial score (nSPS) is 30.0. The van der Waals surface area contributed by atoms with Crippen molar-refractivity contribution in [3.8, 4) is 0 Å². The lowest BCUT2D eigenvalue weighted by Gasteiger charge is -2.35. The minimum atomic E-state index is 0.451. The second kappa shape index (κ2) is 6.88. The van der Waals surface area contributed by atoms with Gasteiger partial charge in [0, 0.05) is 31.8 Å². The second-order valence-electron chi connectivity index (χ2n) is 6.59. The summed E-state index contributed by atoms with van der Waals surface area (Å²) in [6.45, 7) is 8.97. The minimum absolute atomic E-state index is 0.451. The maximum absolute atomic E-state index is 5.46. The molecule has 2 saturated heterocycles. The maximum Gasteiger partial charge on any atom is 0.0471 e. The summed E-state index contributed by atoms with van der Waals surface area (Å²) in [6.07, 6.45) is 7.79. The Bertz CT molecular complexity index is 233. The predicted molar refractivity (Wildman–Crippen MR) is 75.9 cm³/mol. The van der Waals surface area contributed by atoms with Gasteiger partial charge < -0.3 is 15.4 Å². The summed E-state index contributed by atoms with van der Waals surface area (Å²) in [5, 5.41) is 7.38. The number of hydrogen-bond donors (Lipinski definition) is 2. The Labute approximate surface area is 112 Å². The number of ether oxygens (including phenoxy) is 1. The third-order valence-electron chi connectivity index (χ3n) is 4.63. The van der Waals surface area contributed by atoms with Crippen LogP contribution in [0.25, 0.3) is 0 Å². The van der Waals surface area contributed by atoms with E-state index in [-0.39, 0.29) is 0 Å². The molecule has 2 atom stereocenters. The van der Waals surface area contributed by atoms with Gasteiger partial charge in [-0.1, -0.05) is 13.3 Å². The molecule has 2 rings (SSSR count). The van der Waals surface area contributed by atoms with E-state index in [1.54, 1.807) is 0 Å². The van der Waals surface area contributed by atoms with Gasteiger partial charge in [-0.25, -0.2) is 0 Å². The zero-order chi connectivity index (χ0) is 12.8. The maximum atomic E-state index is 5.46. The van der Waals surface area contributed by atoms with Gasteiger partial charge in [-0.2, -0.15) is 0 Å². The van der Waals surface area contributed by atoms with Crippen LogP contribution in [0.2, 0.25) is 0 Å². The fourth-order valence-electron chi connectivity index (χ4n) is 3.10. The highest BCUT2D eigenvalue weighted by Crippen LogP contribution is 2.28. The fraction of sp³-hybridized carbons (Fsp3) is 1.00. The largest absolute Gasteiger partial charge is 0.381 e.